The van der Waals surface area contributed by atoms with Gasteiger partial charge in [0.2, 0.25) is 0 Å². The largest absolute Gasteiger partial charge is 0.327 e. The van der Waals surface area contributed by atoms with E-state index in [0.29, 0.717) is 0 Å². The molecule has 3 N–H and O–H groups in total. The van der Waals surface area contributed by atoms with E-state index in [-0.39, 0.29) is 6.04 Å². The van der Waals surface area contributed by atoms with Gasteiger partial charge in [0.05, 0.1) is 5.69 Å². The lowest BCUT2D eigenvalue weighted by Gasteiger charge is -2.11. The van der Waals surface area contributed by atoms with Crippen molar-refractivity contribution < 1.29 is 0 Å². The summed E-state index contributed by atoms with van der Waals surface area (Å²) in [6.45, 7) is 0. The van der Waals surface area contributed by atoms with Gasteiger partial charge in [0.1, 0.15) is 5.69 Å². The number of aromatic nitrogens is 4. The number of H-pyrrole nitrogens is 1. The maximum Gasteiger partial charge on any atom is 0.116 e. The Hall–Kier alpha value is -3.05. The minimum atomic E-state index is 0.102. The second kappa shape index (κ2) is 7.45. The highest BCUT2D eigenvalue weighted by atomic mass is 15.3. The molecule has 0 amide bonds. The van der Waals surface area contributed by atoms with Crippen molar-refractivity contribution in [1.82, 2.24) is 20.4 Å². The summed E-state index contributed by atoms with van der Waals surface area (Å²) in [6, 6.07) is 18.7. The average Bonchev–Trinajstić information content (AvgIpc) is 3.15. The van der Waals surface area contributed by atoms with Gasteiger partial charge in [-0.25, -0.2) is 0 Å². The van der Waals surface area contributed by atoms with Crippen molar-refractivity contribution in [2.45, 2.75) is 25.3 Å². The van der Waals surface area contributed by atoms with Crippen LogP contribution in [0.1, 0.15) is 17.7 Å². The maximum absolute atomic E-state index is 6.32. The molecule has 2 aromatic carbocycles. The molecule has 5 nitrogen and oxygen atoms in total. The number of hydrogen-bond donors (Lipinski definition) is 2. The zero-order chi connectivity index (χ0) is 17.8. The highest BCUT2D eigenvalue weighted by Gasteiger charge is 2.13. The quantitative estimate of drug-likeness (QED) is 0.561. The molecule has 4 rings (SSSR count). The molecule has 0 saturated heterocycles. The van der Waals surface area contributed by atoms with Gasteiger partial charge in [0.15, 0.2) is 0 Å². The number of rotatable bonds is 6. The molecule has 0 unspecified atom stereocenters. The number of nitrogens with one attached hydrogen (secondary N) is 1. The van der Waals surface area contributed by atoms with Crippen LogP contribution in [0.25, 0.3) is 22.0 Å². The van der Waals surface area contributed by atoms with Crippen molar-refractivity contribution in [3.8, 4) is 11.3 Å². The fourth-order valence-electron chi connectivity index (χ4n) is 3.23. The third-order valence-corrected chi connectivity index (χ3v) is 4.63. The molecule has 0 radical (unpaired) electrons. The van der Waals surface area contributed by atoms with E-state index in [2.05, 4.69) is 50.7 Å². The highest BCUT2D eigenvalue weighted by molar-refractivity contribution is 5.86. The summed E-state index contributed by atoms with van der Waals surface area (Å²) in [5.74, 6) is 0. The maximum atomic E-state index is 6.32. The number of fused-ring (bicyclic) bond motifs is 1. The lowest BCUT2D eigenvalue weighted by Crippen LogP contribution is -2.23. The second-order valence-corrected chi connectivity index (χ2v) is 6.54. The van der Waals surface area contributed by atoms with Gasteiger partial charge in [0, 0.05) is 29.4 Å². The van der Waals surface area contributed by atoms with Crippen molar-refractivity contribution in [3.05, 3.63) is 78.2 Å². The molecule has 0 aliphatic carbocycles. The van der Waals surface area contributed by atoms with Crippen molar-refractivity contribution in [2.75, 3.05) is 0 Å². The Morgan fingerprint density at radius 2 is 1.85 bits per heavy atom. The van der Waals surface area contributed by atoms with E-state index in [4.69, 9.17) is 5.73 Å². The van der Waals surface area contributed by atoms with Crippen LogP contribution in [-0.2, 0) is 12.8 Å². The third-order valence-electron chi connectivity index (χ3n) is 4.63. The summed E-state index contributed by atoms with van der Waals surface area (Å²) >= 11 is 0. The number of aryl methyl sites for hydroxylation is 1. The zero-order valence-corrected chi connectivity index (χ0v) is 14.5. The second-order valence-electron chi connectivity index (χ2n) is 6.54. The Labute approximate surface area is 152 Å². The molecular formula is C21H21N5. The van der Waals surface area contributed by atoms with E-state index in [1.807, 2.05) is 30.5 Å². The van der Waals surface area contributed by atoms with E-state index >= 15 is 0 Å². The summed E-state index contributed by atoms with van der Waals surface area (Å²) in [5, 5.41) is 13.7. The first kappa shape index (κ1) is 16.4. The summed E-state index contributed by atoms with van der Waals surface area (Å²) in [4.78, 5) is 4.16. The average molecular weight is 343 g/mol. The predicted octanol–water partition coefficient (Wildman–Crippen LogP) is 3.52. The van der Waals surface area contributed by atoms with Crippen LogP contribution >= 0.6 is 0 Å². The Bertz CT molecular complexity index is 993. The first-order valence-electron chi connectivity index (χ1n) is 8.83. The van der Waals surface area contributed by atoms with Gasteiger partial charge < -0.3 is 5.73 Å². The van der Waals surface area contributed by atoms with E-state index in [9.17, 15) is 0 Å². The highest BCUT2D eigenvalue weighted by Crippen LogP contribution is 2.25. The molecule has 2 heterocycles. The van der Waals surface area contributed by atoms with Gasteiger partial charge in [0.25, 0.3) is 0 Å². The number of nitrogens with two attached hydrogens (primary N) is 1. The molecule has 0 fully saturated rings. The fourth-order valence-corrected chi connectivity index (χ4v) is 3.23. The minimum absolute atomic E-state index is 0.102. The van der Waals surface area contributed by atoms with Crippen LogP contribution in [0.2, 0.25) is 0 Å². The molecule has 130 valence electrons. The molecule has 2 aromatic heterocycles. The van der Waals surface area contributed by atoms with Crippen LogP contribution < -0.4 is 5.73 Å². The minimum Gasteiger partial charge on any atom is -0.327 e. The molecule has 0 aliphatic heterocycles. The zero-order valence-electron chi connectivity index (χ0n) is 14.5. The van der Waals surface area contributed by atoms with E-state index in [1.165, 1.54) is 5.56 Å². The number of pyridine rings is 1. The Balaban J connectivity index is 1.48. The van der Waals surface area contributed by atoms with Crippen LogP contribution in [-0.4, -0.2) is 26.4 Å². The Morgan fingerprint density at radius 1 is 0.962 bits per heavy atom. The molecule has 5 heteroatoms. The molecule has 0 aliphatic rings. The van der Waals surface area contributed by atoms with E-state index in [1.54, 1.807) is 6.20 Å². The standard InChI is InChI=1S/C21H21N5/c22-19(12-15-4-2-1-3-5-15)8-9-20-21(25-26-24-20)17-6-7-18-14-23-11-10-16(18)13-17/h1-7,10-11,13-14,19H,8-9,12,22H2,(H,24,25,26)/t19-/m0/s1. The monoisotopic (exact) mass is 343 g/mol. The molecule has 1 atom stereocenters. The first-order chi connectivity index (χ1) is 12.8. The predicted molar refractivity (Wildman–Crippen MR) is 104 cm³/mol. The first-order valence-corrected chi connectivity index (χ1v) is 8.83. The van der Waals surface area contributed by atoms with Crippen LogP contribution in [0.4, 0.5) is 0 Å². The third kappa shape index (κ3) is 3.63. The van der Waals surface area contributed by atoms with Crippen LogP contribution in [0.5, 0.6) is 0 Å². The number of nitrogens with zero attached hydrogens (tertiary/aromatic N) is 3. The van der Waals surface area contributed by atoms with Crippen LogP contribution in [0.15, 0.2) is 67.0 Å². The normalized spacial score (nSPS) is 12.3. The van der Waals surface area contributed by atoms with Crippen molar-refractivity contribution in [3.63, 3.8) is 0 Å². The van der Waals surface area contributed by atoms with Crippen molar-refractivity contribution >= 4 is 10.8 Å². The lowest BCUT2D eigenvalue weighted by atomic mass is 9.99. The SMILES string of the molecule is N[C@@H](CCc1n[nH]nc1-c1ccc2cnccc2c1)Cc1ccccc1. The van der Waals surface area contributed by atoms with Gasteiger partial charge in [-0.15, -0.1) is 0 Å². The molecule has 0 saturated carbocycles. The van der Waals surface area contributed by atoms with Gasteiger partial charge >= 0.3 is 0 Å². The molecule has 26 heavy (non-hydrogen) atoms. The number of benzene rings is 2. The van der Waals surface area contributed by atoms with Crippen molar-refractivity contribution in [2.24, 2.45) is 5.73 Å². The molecule has 0 bridgehead atoms. The lowest BCUT2D eigenvalue weighted by molar-refractivity contribution is 0.605. The summed E-state index contributed by atoms with van der Waals surface area (Å²) < 4.78 is 0. The Kier molecular flexibility index (Phi) is 4.71. The Morgan fingerprint density at radius 3 is 2.73 bits per heavy atom. The smallest absolute Gasteiger partial charge is 0.116 e. The fraction of sp³-hybridized carbons (Fsp3) is 0.190. The van der Waals surface area contributed by atoms with Gasteiger partial charge in [-0.2, -0.15) is 15.4 Å². The summed E-state index contributed by atoms with van der Waals surface area (Å²) in [7, 11) is 0. The topological polar surface area (TPSA) is 80.5 Å². The summed E-state index contributed by atoms with van der Waals surface area (Å²) in [5.41, 5.74) is 10.5. The van der Waals surface area contributed by atoms with Crippen LogP contribution in [0.3, 0.4) is 0 Å². The molecular weight excluding hydrogens is 322 g/mol. The van der Waals surface area contributed by atoms with E-state index in [0.717, 1.165) is 47.0 Å². The molecule has 0 spiro atoms. The van der Waals surface area contributed by atoms with Gasteiger partial charge in [-0.3, -0.25) is 4.98 Å². The number of aromatic amines is 1. The van der Waals surface area contributed by atoms with Gasteiger partial charge in [-0.1, -0.05) is 42.5 Å². The van der Waals surface area contributed by atoms with E-state index < -0.39 is 0 Å². The molecule has 4 aromatic rings. The van der Waals surface area contributed by atoms with Crippen molar-refractivity contribution in [1.29, 1.82) is 0 Å². The van der Waals surface area contributed by atoms with Crippen LogP contribution in [0, 0.1) is 0 Å². The summed E-state index contributed by atoms with van der Waals surface area (Å²) in [6.07, 6.45) is 6.21. The van der Waals surface area contributed by atoms with Gasteiger partial charge in [-0.05, 0) is 42.3 Å². The number of hydrogen-bond acceptors (Lipinski definition) is 4.